The minimum absolute atomic E-state index is 0.106. The molecule has 1 amide bonds. The number of nitrogens with zero attached hydrogens (tertiary/aromatic N) is 4. The van der Waals surface area contributed by atoms with Gasteiger partial charge in [0.25, 0.3) is 5.91 Å². The van der Waals surface area contributed by atoms with Crippen LogP contribution in [0.3, 0.4) is 0 Å². The maximum absolute atomic E-state index is 12.8. The van der Waals surface area contributed by atoms with Crippen LogP contribution in [0.1, 0.15) is 46.9 Å². The van der Waals surface area contributed by atoms with Crippen LogP contribution in [0.15, 0.2) is 30.3 Å². The first-order valence-corrected chi connectivity index (χ1v) is 9.63. The maximum atomic E-state index is 12.8. The van der Waals surface area contributed by atoms with Crippen molar-refractivity contribution in [2.75, 3.05) is 31.1 Å². The Bertz CT molecular complexity index is 821. The molecule has 0 spiro atoms. The van der Waals surface area contributed by atoms with E-state index in [0.717, 1.165) is 61.7 Å². The number of carbonyl (C=O) groups is 1. The monoisotopic (exact) mass is 370 g/mol. The SMILES string of the molecule is Cc1cccc(C(=O)N2CCCN(c3cc(Cl)nc(C4CC4)n3)CC2)c1. The predicted molar refractivity (Wildman–Crippen MR) is 103 cm³/mol. The number of amides is 1. The Labute approximate surface area is 159 Å². The van der Waals surface area contributed by atoms with Gasteiger partial charge in [0.1, 0.15) is 16.8 Å². The molecule has 1 aromatic heterocycles. The lowest BCUT2D eigenvalue weighted by molar-refractivity contribution is 0.0767. The topological polar surface area (TPSA) is 49.3 Å². The van der Waals surface area contributed by atoms with Gasteiger partial charge in [-0.25, -0.2) is 9.97 Å². The van der Waals surface area contributed by atoms with Crippen LogP contribution in [0.5, 0.6) is 0 Å². The van der Waals surface area contributed by atoms with Crippen molar-refractivity contribution in [3.05, 3.63) is 52.4 Å². The lowest BCUT2D eigenvalue weighted by Crippen LogP contribution is -2.35. The summed E-state index contributed by atoms with van der Waals surface area (Å²) in [5.74, 6) is 2.33. The number of aromatic nitrogens is 2. The Morgan fingerprint density at radius 1 is 1.12 bits per heavy atom. The fourth-order valence-electron chi connectivity index (χ4n) is 3.42. The highest BCUT2D eigenvalue weighted by molar-refractivity contribution is 6.29. The number of anilines is 1. The Kier molecular flexibility index (Phi) is 4.81. The van der Waals surface area contributed by atoms with Gasteiger partial charge in [0.05, 0.1) is 0 Å². The van der Waals surface area contributed by atoms with E-state index in [1.807, 2.05) is 42.2 Å². The number of hydrogen-bond donors (Lipinski definition) is 0. The summed E-state index contributed by atoms with van der Waals surface area (Å²) < 4.78 is 0. The maximum Gasteiger partial charge on any atom is 0.253 e. The zero-order valence-electron chi connectivity index (χ0n) is 15.0. The van der Waals surface area contributed by atoms with Gasteiger partial charge in [-0.15, -0.1) is 0 Å². The molecule has 1 aliphatic carbocycles. The molecule has 1 aromatic carbocycles. The average Bonchev–Trinajstić information content (AvgIpc) is 3.47. The third kappa shape index (κ3) is 3.83. The molecule has 1 aliphatic heterocycles. The molecule has 1 saturated carbocycles. The summed E-state index contributed by atoms with van der Waals surface area (Å²) in [6.07, 6.45) is 3.22. The van der Waals surface area contributed by atoms with Crippen LogP contribution in [-0.2, 0) is 0 Å². The van der Waals surface area contributed by atoms with Crippen LogP contribution < -0.4 is 4.90 Å². The molecule has 26 heavy (non-hydrogen) atoms. The van der Waals surface area contributed by atoms with Gasteiger partial charge >= 0.3 is 0 Å². The number of carbonyl (C=O) groups excluding carboxylic acids is 1. The van der Waals surface area contributed by atoms with Crippen molar-refractivity contribution in [3.8, 4) is 0 Å². The second kappa shape index (κ2) is 7.23. The van der Waals surface area contributed by atoms with Crippen molar-refractivity contribution in [2.24, 2.45) is 0 Å². The van der Waals surface area contributed by atoms with E-state index in [1.54, 1.807) is 0 Å². The standard InChI is InChI=1S/C20H23ClN4O/c1-14-4-2-5-16(12-14)20(26)25-9-3-8-24(10-11-25)18-13-17(21)22-19(23-18)15-6-7-15/h2,4-5,12-13,15H,3,6-11H2,1H3. The van der Waals surface area contributed by atoms with Crippen LogP contribution >= 0.6 is 11.6 Å². The van der Waals surface area contributed by atoms with Crippen molar-refractivity contribution < 1.29 is 4.79 Å². The first kappa shape index (κ1) is 17.3. The molecule has 2 heterocycles. The van der Waals surface area contributed by atoms with E-state index in [-0.39, 0.29) is 5.91 Å². The predicted octanol–water partition coefficient (Wildman–Crippen LogP) is 3.67. The third-order valence-electron chi connectivity index (χ3n) is 5.01. The molecule has 2 fully saturated rings. The Balaban J connectivity index is 1.47. The van der Waals surface area contributed by atoms with E-state index >= 15 is 0 Å². The van der Waals surface area contributed by atoms with Gasteiger partial charge in [-0.05, 0) is 38.3 Å². The largest absolute Gasteiger partial charge is 0.355 e. The van der Waals surface area contributed by atoms with E-state index < -0.39 is 0 Å². The molecule has 2 aliphatic rings. The first-order chi connectivity index (χ1) is 12.6. The molecule has 0 atom stereocenters. The summed E-state index contributed by atoms with van der Waals surface area (Å²) in [6.45, 7) is 5.09. The highest BCUT2D eigenvalue weighted by Crippen LogP contribution is 2.39. The lowest BCUT2D eigenvalue weighted by atomic mass is 10.1. The highest BCUT2D eigenvalue weighted by Gasteiger charge is 2.28. The van der Waals surface area contributed by atoms with E-state index in [0.29, 0.717) is 17.6 Å². The van der Waals surface area contributed by atoms with Gasteiger partial charge in [-0.3, -0.25) is 4.79 Å². The van der Waals surface area contributed by atoms with Crippen LogP contribution in [0.4, 0.5) is 5.82 Å². The van der Waals surface area contributed by atoms with Gasteiger partial charge in [0.15, 0.2) is 0 Å². The molecular weight excluding hydrogens is 348 g/mol. The van der Waals surface area contributed by atoms with Crippen molar-refractivity contribution >= 4 is 23.3 Å². The van der Waals surface area contributed by atoms with Gasteiger partial charge in [0, 0.05) is 43.7 Å². The zero-order chi connectivity index (χ0) is 18.1. The van der Waals surface area contributed by atoms with Crippen molar-refractivity contribution in [3.63, 3.8) is 0 Å². The molecular formula is C20H23ClN4O. The summed E-state index contributed by atoms with van der Waals surface area (Å²) in [5, 5.41) is 0.508. The van der Waals surface area contributed by atoms with Crippen molar-refractivity contribution in [1.29, 1.82) is 0 Å². The highest BCUT2D eigenvalue weighted by atomic mass is 35.5. The van der Waals surface area contributed by atoms with E-state index in [1.165, 1.54) is 0 Å². The molecule has 5 nitrogen and oxygen atoms in total. The number of benzene rings is 1. The average molecular weight is 371 g/mol. The number of aryl methyl sites for hydroxylation is 1. The Hall–Kier alpha value is -2.14. The second-order valence-corrected chi connectivity index (χ2v) is 7.57. The Morgan fingerprint density at radius 2 is 1.96 bits per heavy atom. The summed E-state index contributed by atoms with van der Waals surface area (Å²) in [6, 6.07) is 9.64. The van der Waals surface area contributed by atoms with Crippen LogP contribution in [0.2, 0.25) is 5.15 Å². The molecule has 0 N–H and O–H groups in total. The van der Waals surface area contributed by atoms with Gasteiger partial charge in [-0.1, -0.05) is 29.3 Å². The number of hydrogen-bond acceptors (Lipinski definition) is 4. The molecule has 2 aromatic rings. The first-order valence-electron chi connectivity index (χ1n) is 9.25. The van der Waals surface area contributed by atoms with Crippen molar-refractivity contribution in [2.45, 2.75) is 32.1 Å². The van der Waals surface area contributed by atoms with E-state index in [9.17, 15) is 4.79 Å². The molecule has 1 saturated heterocycles. The second-order valence-electron chi connectivity index (χ2n) is 7.18. The summed E-state index contributed by atoms with van der Waals surface area (Å²) in [5.41, 5.74) is 1.87. The van der Waals surface area contributed by atoms with Crippen LogP contribution in [-0.4, -0.2) is 47.0 Å². The van der Waals surface area contributed by atoms with Gasteiger partial charge < -0.3 is 9.80 Å². The summed E-state index contributed by atoms with van der Waals surface area (Å²) in [4.78, 5) is 26.1. The minimum atomic E-state index is 0.106. The van der Waals surface area contributed by atoms with E-state index in [4.69, 9.17) is 16.6 Å². The van der Waals surface area contributed by atoms with Crippen LogP contribution in [0.25, 0.3) is 0 Å². The fraction of sp³-hybridized carbons (Fsp3) is 0.450. The molecule has 136 valence electrons. The fourth-order valence-corrected chi connectivity index (χ4v) is 3.60. The lowest BCUT2D eigenvalue weighted by Gasteiger charge is -2.23. The minimum Gasteiger partial charge on any atom is -0.355 e. The normalized spacial score (nSPS) is 17.9. The quantitative estimate of drug-likeness (QED) is 0.773. The number of rotatable bonds is 3. The third-order valence-corrected chi connectivity index (χ3v) is 5.21. The van der Waals surface area contributed by atoms with Crippen molar-refractivity contribution in [1.82, 2.24) is 14.9 Å². The summed E-state index contributed by atoms with van der Waals surface area (Å²) >= 11 is 6.21. The van der Waals surface area contributed by atoms with Gasteiger partial charge in [-0.2, -0.15) is 0 Å². The Morgan fingerprint density at radius 3 is 2.73 bits per heavy atom. The molecule has 0 unspecified atom stereocenters. The molecule has 0 radical (unpaired) electrons. The van der Waals surface area contributed by atoms with Gasteiger partial charge in [0.2, 0.25) is 0 Å². The summed E-state index contributed by atoms with van der Waals surface area (Å²) in [7, 11) is 0. The zero-order valence-corrected chi connectivity index (χ0v) is 15.7. The molecule has 4 rings (SSSR count). The molecule has 6 heteroatoms. The number of halogens is 1. The van der Waals surface area contributed by atoms with Crippen LogP contribution in [0, 0.1) is 6.92 Å². The van der Waals surface area contributed by atoms with E-state index in [2.05, 4.69) is 9.88 Å². The molecule has 0 bridgehead atoms. The smallest absolute Gasteiger partial charge is 0.253 e.